The Bertz CT molecular complexity index is 1350. The molecule has 2 aromatic carbocycles. The molecular weight excluding hydrogens is 421 g/mol. The number of fused-ring (bicyclic) bond motifs is 1. The molecule has 0 radical (unpaired) electrons. The third kappa shape index (κ3) is 3.90. The van der Waals surface area contributed by atoms with Crippen LogP contribution in [0.5, 0.6) is 5.75 Å². The Labute approximate surface area is 180 Å². The van der Waals surface area contributed by atoms with Gasteiger partial charge in [0.05, 0.1) is 23.4 Å². The summed E-state index contributed by atoms with van der Waals surface area (Å²) in [6.45, 7) is -0.215. The van der Waals surface area contributed by atoms with E-state index in [2.05, 4.69) is 15.3 Å². The minimum absolute atomic E-state index is 0.0418. The first kappa shape index (κ1) is 20.7. The molecule has 32 heavy (non-hydrogen) atoms. The van der Waals surface area contributed by atoms with Crippen molar-refractivity contribution in [3.63, 3.8) is 0 Å². The number of aliphatic carboxylic acids is 1. The first-order chi connectivity index (χ1) is 15.4. The molecule has 2 N–H and O–H groups in total. The highest BCUT2D eigenvalue weighted by Gasteiger charge is 2.20. The fourth-order valence-electron chi connectivity index (χ4n) is 3.37. The highest BCUT2D eigenvalue weighted by molar-refractivity contribution is 5.95. The second-order valence-corrected chi connectivity index (χ2v) is 6.73. The maximum Gasteiger partial charge on any atom is 0.323 e. The number of ether oxygens (including phenoxy) is 1. The van der Waals surface area contributed by atoms with Gasteiger partial charge in [-0.25, -0.2) is 9.97 Å². The number of carboxylic acid groups (broad SMARTS) is 1. The number of hydrogen-bond acceptors (Lipinski definition) is 7. The Kier molecular flexibility index (Phi) is 5.37. The molecule has 0 atom stereocenters. The van der Waals surface area contributed by atoms with Crippen molar-refractivity contribution in [2.24, 2.45) is 0 Å². The van der Waals surface area contributed by atoms with Gasteiger partial charge >= 0.3 is 11.7 Å². The molecule has 162 valence electrons. The number of nitrogens with zero attached hydrogens (tertiary/aromatic N) is 4. The first-order valence-corrected chi connectivity index (χ1v) is 9.29. The quantitative estimate of drug-likeness (QED) is 0.328. The van der Waals surface area contributed by atoms with Crippen LogP contribution >= 0.6 is 0 Å². The lowest BCUT2D eigenvalue weighted by molar-refractivity contribution is -0.387. The number of aromatic nitrogens is 3. The fraction of sp³-hybridized carbons (Fsp3) is 0.0952. The number of hydrogen-bond donors (Lipinski definition) is 2. The van der Waals surface area contributed by atoms with Crippen LogP contribution in [0.3, 0.4) is 0 Å². The van der Waals surface area contributed by atoms with Crippen LogP contribution in [0, 0.1) is 15.9 Å². The van der Waals surface area contributed by atoms with Crippen LogP contribution in [0.15, 0.2) is 54.9 Å². The molecular formula is C21H16FN5O5. The van der Waals surface area contributed by atoms with E-state index in [1.54, 1.807) is 16.8 Å². The molecule has 2 heterocycles. The monoisotopic (exact) mass is 437 g/mol. The Morgan fingerprint density at radius 2 is 2.09 bits per heavy atom. The number of benzene rings is 2. The average molecular weight is 437 g/mol. The van der Waals surface area contributed by atoms with Crippen molar-refractivity contribution in [3.05, 3.63) is 70.8 Å². The van der Waals surface area contributed by atoms with E-state index in [0.717, 1.165) is 23.0 Å². The third-order valence-corrected chi connectivity index (χ3v) is 4.74. The number of halogens is 1. The largest absolute Gasteiger partial charge is 0.494 e. The molecule has 0 aliphatic rings. The molecule has 10 nitrogen and oxygen atoms in total. The Balaban J connectivity index is 1.76. The van der Waals surface area contributed by atoms with Gasteiger partial charge in [0, 0.05) is 41.0 Å². The average Bonchev–Trinajstić information content (AvgIpc) is 3.12. The maximum atomic E-state index is 13.9. The van der Waals surface area contributed by atoms with Crippen molar-refractivity contribution in [2.45, 2.75) is 6.54 Å². The molecule has 0 saturated heterocycles. The summed E-state index contributed by atoms with van der Waals surface area (Å²) in [6, 6.07) is 10.9. The van der Waals surface area contributed by atoms with Crippen molar-refractivity contribution in [3.8, 4) is 17.0 Å². The molecule has 0 aliphatic carbocycles. The summed E-state index contributed by atoms with van der Waals surface area (Å²) in [4.78, 5) is 30.1. The zero-order valence-electron chi connectivity index (χ0n) is 16.7. The minimum Gasteiger partial charge on any atom is -0.494 e. The highest BCUT2D eigenvalue weighted by atomic mass is 19.1. The van der Waals surface area contributed by atoms with E-state index in [1.807, 2.05) is 24.3 Å². The maximum absolute atomic E-state index is 13.9. The Morgan fingerprint density at radius 1 is 1.31 bits per heavy atom. The lowest BCUT2D eigenvalue weighted by Gasteiger charge is -2.11. The van der Waals surface area contributed by atoms with Crippen molar-refractivity contribution >= 4 is 34.2 Å². The van der Waals surface area contributed by atoms with Crippen LogP contribution in [-0.2, 0) is 11.3 Å². The fourth-order valence-corrected chi connectivity index (χ4v) is 3.37. The van der Waals surface area contributed by atoms with Crippen molar-refractivity contribution in [1.82, 2.24) is 14.5 Å². The number of anilines is 2. The van der Waals surface area contributed by atoms with Crippen LogP contribution in [0.1, 0.15) is 0 Å². The number of nitro benzene ring substituents is 1. The summed E-state index contributed by atoms with van der Waals surface area (Å²) in [5, 5.41) is 23.9. The normalized spacial score (nSPS) is 10.8. The van der Waals surface area contributed by atoms with Gasteiger partial charge in [0.1, 0.15) is 12.3 Å². The highest BCUT2D eigenvalue weighted by Crippen LogP contribution is 2.34. The smallest absolute Gasteiger partial charge is 0.323 e. The number of methoxy groups -OCH3 is 1. The number of para-hydroxylation sites is 1. The van der Waals surface area contributed by atoms with E-state index in [9.17, 15) is 24.4 Å². The molecule has 0 aliphatic heterocycles. The zero-order chi connectivity index (χ0) is 22.8. The number of carbonyl (C=O) groups is 1. The molecule has 0 fully saturated rings. The van der Waals surface area contributed by atoms with Gasteiger partial charge in [0.2, 0.25) is 11.8 Å². The molecule has 4 rings (SSSR count). The van der Waals surface area contributed by atoms with Crippen molar-refractivity contribution in [1.29, 1.82) is 0 Å². The molecule has 0 unspecified atom stereocenters. The number of carboxylic acids is 1. The van der Waals surface area contributed by atoms with E-state index in [0.29, 0.717) is 11.3 Å². The standard InChI is InChI=1S/C21H16FN5O5/c1-32-19-8-14(22)18(27(30)31)9-16(19)25-21-23-7-6-15(24-21)13-10-26(11-20(28)29)17-5-3-2-4-12(13)17/h2-10H,11H2,1H3,(H,28,29)(H,23,24,25). The van der Waals surface area contributed by atoms with Crippen molar-refractivity contribution in [2.75, 3.05) is 12.4 Å². The first-order valence-electron chi connectivity index (χ1n) is 9.29. The van der Waals surface area contributed by atoms with Gasteiger partial charge in [-0.05, 0) is 12.1 Å². The lowest BCUT2D eigenvalue weighted by Crippen LogP contribution is -2.07. The van der Waals surface area contributed by atoms with Gasteiger partial charge in [0.25, 0.3) is 0 Å². The third-order valence-electron chi connectivity index (χ3n) is 4.74. The minimum atomic E-state index is -1.03. The summed E-state index contributed by atoms with van der Waals surface area (Å²) < 4.78 is 20.6. The van der Waals surface area contributed by atoms with Gasteiger partial charge in [-0.15, -0.1) is 0 Å². The summed E-state index contributed by atoms with van der Waals surface area (Å²) in [7, 11) is 1.31. The van der Waals surface area contributed by atoms with Gasteiger partial charge in [-0.1, -0.05) is 18.2 Å². The second-order valence-electron chi connectivity index (χ2n) is 6.73. The van der Waals surface area contributed by atoms with Gasteiger partial charge in [0.15, 0.2) is 0 Å². The van der Waals surface area contributed by atoms with Crippen LogP contribution in [0.25, 0.3) is 22.2 Å². The Hall–Kier alpha value is -4.54. The SMILES string of the molecule is COc1cc(F)c([N+](=O)[O-])cc1Nc1nccc(-c2cn(CC(=O)O)c3ccccc23)n1. The summed E-state index contributed by atoms with van der Waals surface area (Å²) in [5.74, 6) is -1.87. The lowest BCUT2D eigenvalue weighted by atomic mass is 10.1. The van der Waals surface area contributed by atoms with Gasteiger partial charge < -0.3 is 19.7 Å². The zero-order valence-corrected chi connectivity index (χ0v) is 16.7. The van der Waals surface area contributed by atoms with Crippen LogP contribution in [-0.4, -0.2) is 37.6 Å². The van der Waals surface area contributed by atoms with Crippen LogP contribution in [0.4, 0.5) is 21.7 Å². The molecule has 0 amide bonds. The number of rotatable bonds is 7. The topological polar surface area (TPSA) is 132 Å². The predicted molar refractivity (Wildman–Crippen MR) is 113 cm³/mol. The van der Waals surface area contributed by atoms with E-state index in [1.165, 1.54) is 13.3 Å². The molecule has 0 bridgehead atoms. The van der Waals surface area contributed by atoms with Gasteiger partial charge in [-0.2, -0.15) is 4.39 Å². The van der Waals surface area contributed by atoms with Crippen LogP contribution < -0.4 is 10.1 Å². The predicted octanol–water partition coefficient (Wildman–Crippen LogP) is 3.98. The summed E-state index contributed by atoms with van der Waals surface area (Å²) >= 11 is 0. The molecule has 2 aromatic heterocycles. The molecule has 0 saturated carbocycles. The second kappa shape index (κ2) is 8.30. The van der Waals surface area contributed by atoms with E-state index < -0.39 is 22.4 Å². The molecule has 0 spiro atoms. The van der Waals surface area contributed by atoms with E-state index >= 15 is 0 Å². The molecule has 11 heteroatoms. The van der Waals surface area contributed by atoms with Crippen LogP contribution in [0.2, 0.25) is 0 Å². The Morgan fingerprint density at radius 3 is 2.81 bits per heavy atom. The van der Waals surface area contributed by atoms with E-state index in [-0.39, 0.29) is 23.9 Å². The van der Waals surface area contributed by atoms with Crippen molar-refractivity contribution < 1.29 is 24.0 Å². The number of nitro groups is 1. The van der Waals surface area contributed by atoms with Gasteiger partial charge in [-0.3, -0.25) is 14.9 Å². The summed E-state index contributed by atoms with van der Waals surface area (Å²) in [6.07, 6.45) is 3.17. The molecule has 4 aromatic rings. The number of nitrogens with one attached hydrogen (secondary N) is 1. The summed E-state index contributed by atoms with van der Waals surface area (Å²) in [5.41, 5.74) is 1.31. The van der Waals surface area contributed by atoms with E-state index in [4.69, 9.17) is 4.74 Å².